The van der Waals surface area contributed by atoms with Gasteiger partial charge in [0.1, 0.15) is 5.56 Å². The molecule has 1 rings (SSSR count). The summed E-state index contributed by atoms with van der Waals surface area (Å²) in [4.78, 5) is 11.0. The first-order valence-corrected chi connectivity index (χ1v) is 3.24. The topological polar surface area (TPSA) is 81.2 Å². The van der Waals surface area contributed by atoms with Gasteiger partial charge in [0.2, 0.25) is 5.88 Å². The second-order valence-electron chi connectivity index (χ2n) is 1.96. The molecule has 5 heteroatoms. The van der Waals surface area contributed by atoms with Gasteiger partial charge in [0.25, 0.3) is 5.91 Å². The lowest BCUT2D eigenvalue weighted by Crippen LogP contribution is -2.22. The minimum atomic E-state index is -0.258. The fourth-order valence-electron chi connectivity index (χ4n) is 0.675. The van der Waals surface area contributed by atoms with Gasteiger partial charge < -0.3 is 15.6 Å². The third-order valence-corrected chi connectivity index (χ3v) is 1.18. The maximum absolute atomic E-state index is 11.0. The van der Waals surface area contributed by atoms with E-state index in [9.17, 15) is 4.79 Å². The standard InChI is InChI=1S/C6H9N3O2/c1-2-8-6(10)4-3-9-11-5(4)7/h3H,2,7H2,1H3,(H,8,10). The Morgan fingerprint density at radius 1 is 1.91 bits per heavy atom. The fraction of sp³-hybridized carbons (Fsp3) is 0.333. The molecule has 0 unspecified atom stereocenters. The van der Waals surface area contributed by atoms with Crippen LogP contribution in [0.3, 0.4) is 0 Å². The molecule has 0 aliphatic carbocycles. The van der Waals surface area contributed by atoms with Gasteiger partial charge in [0.05, 0.1) is 6.20 Å². The maximum atomic E-state index is 11.0. The number of carbonyl (C=O) groups excluding carboxylic acids is 1. The average molecular weight is 155 g/mol. The highest BCUT2D eigenvalue weighted by atomic mass is 16.5. The Hall–Kier alpha value is -1.52. The Bertz CT molecular complexity index is 256. The van der Waals surface area contributed by atoms with Crippen LogP contribution < -0.4 is 11.1 Å². The molecule has 0 radical (unpaired) electrons. The molecule has 0 aromatic carbocycles. The van der Waals surface area contributed by atoms with Crippen molar-refractivity contribution in [3.63, 3.8) is 0 Å². The van der Waals surface area contributed by atoms with Crippen molar-refractivity contribution in [1.82, 2.24) is 10.5 Å². The van der Waals surface area contributed by atoms with E-state index in [0.717, 1.165) is 0 Å². The number of rotatable bonds is 2. The number of hydrogen-bond acceptors (Lipinski definition) is 4. The molecule has 1 heterocycles. The van der Waals surface area contributed by atoms with Crippen LogP contribution in [0.4, 0.5) is 5.88 Å². The second kappa shape index (κ2) is 3.05. The van der Waals surface area contributed by atoms with Gasteiger partial charge in [-0.2, -0.15) is 0 Å². The summed E-state index contributed by atoms with van der Waals surface area (Å²) in [7, 11) is 0. The molecule has 3 N–H and O–H groups in total. The molecular formula is C6H9N3O2. The number of amides is 1. The first-order chi connectivity index (χ1) is 5.25. The van der Waals surface area contributed by atoms with Crippen molar-refractivity contribution in [2.24, 2.45) is 0 Å². The summed E-state index contributed by atoms with van der Waals surface area (Å²) < 4.78 is 4.50. The lowest BCUT2D eigenvalue weighted by Gasteiger charge is -1.96. The van der Waals surface area contributed by atoms with Crippen molar-refractivity contribution >= 4 is 11.8 Å². The maximum Gasteiger partial charge on any atom is 0.258 e. The van der Waals surface area contributed by atoms with Gasteiger partial charge in [-0.05, 0) is 6.92 Å². The molecule has 0 aliphatic heterocycles. The van der Waals surface area contributed by atoms with E-state index in [1.807, 2.05) is 6.92 Å². The van der Waals surface area contributed by atoms with Gasteiger partial charge >= 0.3 is 0 Å². The van der Waals surface area contributed by atoms with Crippen LogP contribution in [0.5, 0.6) is 0 Å². The smallest absolute Gasteiger partial charge is 0.258 e. The minimum Gasteiger partial charge on any atom is -0.367 e. The third-order valence-electron chi connectivity index (χ3n) is 1.18. The molecule has 1 aromatic rings. The number of nitrogens with two attached hydrogens (primary N) is 1. The minimum absolute atomic E-state index is 0.0518. The highest BCUT2D eigenvalue weighted by molar-refractivity contribution is 5.97. The van der Waals surface area contributed by atoms with Gasteiger partial charge in [0, 0.05) is 6.54 Å². The molecule has 0 aliphatic rings. The molecule has 11 heavy (non-hydrogen) atoms. The summed E-state index contributed by atoms with van der Waals surface area (Å²) in [5.41, 5.74) is 5.57. The van der Waals surface area contributed by atoms with Crippen LogP contribution in [0.2, 0.25) is 0 Å². The first-order valence-electron chi connectivity index (χ1n) is 3.24. The molecule has 0 fully saturated rings. The number of carbonyl (C=O) groups is 1. The molecule has 60 valence electrons. The Kier molecular flexibility index (Phi) is 2.10. The molecule has 1 aromatic heterocycles. The van der Waals surface area contributed by atoms with Crippen molar-refractivity contribution in [3.8, 4) is 0 Å². The number of hydrogen-bond donors (Lipinski definition) is 2. The second-order valence-corrected chi connectivity index (χ2v) is 1.96. The summed E-state index contributed by atoms with van der Waals surface area (Å²) in [6, 6.07) is 0. The normalized spacial score (nSPS) is 9.55. The van der Waals surface area contributed by atoms with E-state index in [1.54, 1.807) is 0 Å². The predicted octanol–water partition coefficient (Wildman–Crippen LogP) is 0.00650. The number of nitrogens with zero attached hydrogens (tertiary/aromatic N) is 1. The van der Waals surface area contributed by atoms with Gasteiger partial charge in [-0.3, -0.25) is 4.79 Å². The molecule has 0 saturated heterocycles. The van der Waals surface area contributed by atoms with Crippen molar-refractivity contribution < 1.29 is 9.32 Å². The fourth-order valence-corrected chi connectivity index (χ4v) is 0.675. The van der Waals surface area contributed by atoms with Crippen molar-refractivity contribution in [3.05, 3.63) is 11.8 Å². The zero-order valence-electron chi connectivity index (χ0n) is 6.13. The lowest BCUT2D eigenvalue weighted by molar-refractivity contribution is 0.0956. The van der Waals surface area contributed by atoms with Crippen molar-refractivity contribution in [2.75, 3.05) is 12.3 Å². The number of aromatic nitrogens is 1. The van der Waals surface area contributed by atoms with E-state index in [2.05, 4.69) is 15.0 Å². The van der Waals surface area contributed by atoms with Crippen LogP contribution in [0.25, 0.3) is 0 Å². The van der Waals surface area contributed by atoms with Gasteiger partial charge in [-0.1, -0.05) is 5.16 Å². The number of nitrogens with one attached hydrogen (secondary N) is 1. The Morgan fingerprint density at radius 2 is 2.64 bits per heavy atom. The van der Waals surface area contributed by atoms with Crippen LogP contribution in [-0.4, -0.2) is 17.6 Å². The van der Waals surface area contributed by atoms with E-state index >= 15 is 0 Å². The third kappa shape index (κ3) is 1.49. The molecule has 0 bridgehead atoms. The molecule has 0 spiro atoms. The Balaban J connectivity index is 2.76. The molecule has 0 saturated carbocycles. The van der Waals surface area contributed by atoms with Crippen molar-refractivity contribution in [1.29, 1.82) is 0 Å². The summed E-state index contributed by atoms with van der Waals surface area (Å²) in [5, 5.41) is 5.93. The Morgan fingerprint density at radius 3 is 3.09 bits per heavy atom. The molecule has 1 amide bonds. The van der Waals surface area contributed by atoms with Gasteiger partial charge in [0.15, 0.2) is 0 Å². The highest BCUT2D eigenvalue weighted by Crippen LogP contribution is 2.08. The monoisotopic (exact) mass is 155 g/mol. The van der Waals surface area contributed by atoms with Crippen molar-refractivity contribution in [2.45, 2.75) is 6.92 Å². The summed E-state index contributed by atoms with van der Waals surface area (Å²) in [5.74, 6) is -0.206. The van der Waals surface area contributed by atoms with Crippen LogP contribution in [0.15, 0.2) is 10.7 Å². The molecule has 0 atom stereocenters. The molecule has 5 nitrogen and oxygen atoms in total. The molecular weight excluding hydrogens is 146 g/mol. The van der Waals surface area contributed by atoms with E-state index in [0.29, 0.717) is 6.54 Å². The van der Waals surface area contributed by atoms with Crippen LogP contribution in [0.1, 0.15) is 17.3 Å². The van der Waals surface area contributed by atoms with E-state index < -0.39 is 0 Å². The van der Waals surface area contributed by atoms with E-state index in [4.69, 9.17) is 5.73 Å². The van der Waals surface area contributed by atoms with Crippen LogP contribution in [0, 0.1) is 0 Å². The van der Waals surface area contributed by atoms with Gasteiger partial charge in [-0.25, -0.2) is 0 Å². The summed E-state index contributed by atoms with van der Waals surface area (Å²) >= 11 is 0. The number of nitrogen functional groups attached to an aromatic ring is 1. The zero-order valence-corrected chi connectivity index (χ0v) is 6.13. The van der Waals surface area contributed by atoms with Crippen LogP contribution in [-0.2, 0) is 0 Å². The number of anilines is 1. The lowest BCUT2D eigenvalue weighted by atomic mass is 10.3. The predicted molar refractivity (Wildman–Crippen MR) is 38.9 cm³/mol. The summed E-state index contributed by atoms with van der Waals surface area (Å²) in [6.45, 7) is 2.38. The average Bonchev–Trinajstić information content (AvgIpc) is 2.36. The quantitative estimate of drug-likeness (QED) is 0.630. The summed E-state index contributed by atoms with van der Waals surface area (Å²) in [6.07, 6.45) is 1.29. The Labute approximate surface area is 63.5 Å². The van der Waals surface area contributed by atoms with Crippen LogP contribution >= 0.6 is 0 Å². The first kappa shape index (κ1) is 7.59. The zero-order chi connectivity index (χ0) is 8.27. The largest absolute Gasteiger partial charge is 0.367 e. The van der Waals surface area contributed by atoms with E-state index in [-0.39, 0.29) is 17.4 Å². The SMILES string of the molecule is CCNC(=O)c1cnoc1N. The highest BCUT2D eigenvalue weighted by Gasteiger charge is 2.11. The van der Waals surface area contributed by atoms with Gasteiger partial charge in [-0.15, -0.1) is 0 Å². The van der Waals surface area contributed by atoms with E-state index in [1.165, 1.54) is 6.20 Å².